The summed E-state index contributed by atoms with van der Waals surface area (Å²) in [4.78, 5) is 28.3. The second-order valence-electron chi connectivity index (χ2n) is 8.62. The van der Waals surface area contributed by atoms with Crippen LogP contribution in [0.4, 0.5) is 16.0 Å². The second-order valence-corrected chi connectivity index (χ2v) is 8.62. The number of fused-ring (bicyclic) bond motifs is 3. The van der Waals surface area contributed by atoms with Crippen LogP contribution in [0.2, 0.25) is 0 Å². The monoisotopic (exact) mass is 444 g/mol. The van der Waals surface area contributed by atoms with Gasteiger partial charge >= 0.3 is 0 Å². The van der Waals surface area contributed by atoms with Gasteiger partial charge in [-0.15, -0.1) is 0 Å². The number of rotatable bonds is 3. The van der Waals surface area contributed by atoms with Crippen LogP contribution in [0.3, 0.4) is 0 Å². The van der Waals surface area contributed by atoms with Gasteiger partial charge in [-0.25, -0.2) is 14.4 Å². The third-order valence-electron chi connectivity index (χ3n) is 5.87. The zero-order chi connectivity index (χ0) is 22.9. The summed E-state index contributed by atoms with van der Waals surface area (Å²) in [6.45, 7) is 5.61. The number of nitrogens with zero attached hydrogens (tertiary/aromatic N) is 4. The number of piperazine rings is 1. The van der Waals surface area contributed by atoms with E-state index in [4.69, 9.17) is 4.98 Å². The fourth-order valence-corrected chi connectivity index (χ4v) is 4.44. The van der Waals surface area contributed by atoms with Gasteiger partial charge in [-0.2, -0.15) is 0 Å². The molecule has 3 heterocycles. The van der Waals surface area contributed by atoms with Crippen molar-refractivity contribution in [2.24, 2.45) is 4.99 Å². The van der Waals surface area contributed by atoms with Crippen LogP contribution in [0.1, 0.15) is 35.3 Å². The van der Waals surface area contributed by atoms with Crippen molar-refractivity contribution < 1.29 is 9.18 Å². The SMILES string of the molecule is CC1CN(C(=O)c2cc(Nc3ncc4c(n3)-c3ccccc3C=NC4)ccc2F)CC(C)N1. The van der Waals surface area contributed by atoms with E-state index in [9.17, 15) is 9.18 Å². The summed E-state index contributed by atoms with van der Waals surface area (Å²) in [5.41, 5.74) is 4.30. The average Bonchev–Trinajstić information content (AvgIpc) is 2.98. The Bertz CT molecular complexity index is 1230. The molecule has 0 radical (unpaired) electrons. The lowest BCUT2D eigenvalue weighted by molar-refractivity contribution is 0.0669. The molecule has 2 aliphatic rings. The van der Waals surface area contributed by atoms with E-state index in [1.165, 1.54) is 12.1 Å². The first-order valence-electron chi connectivity index (χ1n) is 11.0. The van der Waals surface area contributed by atoms with E-state index in [1.807, 2.05) is 44.3 Å². The number of hydrogen-bond donors (Lipinski definition) is 2. The maximum absolute atomic E-state index is 14.6. The van der Waals surface area contributed by atoms with Crippen LogP contribution in [0.15, 0.2) is 53.7 Å². The van der Waals surface area contributed by atoms with Gasteiger partial charge in [0.1, 0.15) is 5.82 Å². The van der Waals surface area contributed by atoms with E-state index in [-0.39, 0.29) is 23.6 Å². The maximum atomic E-state index is 14.6. The minimum Gasteiger partial charge on any atom is -0.335 e. The quantitative estimate of drug-likeness (QED) is 0.643. The molecule has 1 saturated heterocycles. The van der Waals surface area contributed by atoms with E-state index in [0.29, 0.717) is 31.3 Å². The summed E-state index contributed by atoms with van der Waals surface area (Å²) in [6.07, 6.45) is 3.60. The zero-order valence-corrected chi connectivity index (χ0v) is 18.5. The number of anilines is 2. The zero-order valence-electron chi connectivity index (χ0n) is 18.5. The summed E-state index contributed by atoms with van der Waals surface area (Å²) < 4.78 is 14.6. The first-order valence-corrected chi connectivity index (χ1v) is 11.0. The van der Waals surface area contributed by atoms with Crippen molar-refractivity contribution in [1.82, 2.24) is 20.2 Å². The molecule has 7 nitrogen and oxygen atoms in total. The van der Waals surface area contributed by atoms with Crippen LogP contribution in [-0.4, -0.2) is 52.2 Å². The van der Waals surface area contributed by atoms with E-state index >= 15 is 0 Å². The Hall–Kier alpha value is -3.65. The standard InChI is InChI=1S/C25H25FN6O/c1-15-13-32(14-16(2)29-15)24(33)21-9-19(7-8-22(21)26)30-25-28-12-18-11-27-10-17-5-3-4-6-20(17)23(18)31-25/h3-10,12,15-16,29H,11,13-14H2,1-2H3,(H,28,30,31). The Morgan fingerprint density at radius 3 is 2.76 bits per heavy atom. The van der Waals surface area contributed by atoms with E-state index in [2.05, 4.69) is 20.6 Å². The van der Waals surface area contributed by atoms with Gasteiger partial charge in [0.25, 0.3) is 5.91 Å². The lowest BCUT2D eigenvalue weighted by Gasteiger charge is -2.36. The molecular weight excluding hydrogens is 419 g/mol. The highest BCUT2D eigenvalue weighted by atomic mass is 19.1. The largest absolute Gasteiger partial charge is 0.335 e. The fraction of sp³-hybridized carbons (Fsp3) is 0.280. The summed E-state index contributed by atoms with van der Waals surface area (Å²) in [5, 5.41) is 6.52. The van der Waals surface area contributed by atoms with Gasteiger partial charge in [-0.3, -0.25) is 9.79 Å². The van der Waals surface area contributed by atoms with E-state index in [1.54, 1.807) is 17.2 Å². The van der Waals surface area contributed by atoms with Gasteiger partial charge in [0.2, 0.25) is 5.95 Å². The Morgan fingerprint density at radius 2 is 1.94 bits per heavy atom. The molecule has 2 aliphatic heterocycles. The molecule has 0 bridgehead atoms. The Balaban J connectivity index is 1.43. The van der Waals surface area contributed by atoms with Crippen molar-refractivity contribution >= 4 is 23.8 Å². The van der Waals surface area contributed by atoms with Gasteiger partial charge in [0.05, 0.1) is 17.8 Å². The van der Waals surface area contributed by atoms with Crippen LogP contribution in [-0.2, 0) is 6.54 Å². The minimum atomic E-state index is -0.543. The third-order valence-corrected chi connectivity index (χ3v) is 5.87. The summed E-state index contributed by atoms with van der Waals surface area (Å²) in [5.74, 6) is -0.483. The molecule has 2 aromatic carbocycles. The van der Waals surface area contributed by atoms with Crippen LogP contribution >= 0.6 is 0 Å². The molecule has 3 aromatic rings. The molecule has 5 rings (SSSR count). The van der Waals surface area contributed by atoms with E-state index < -0.39 is 5.82 Å². The topological polar surface area (TPSA) is 82.5 Å². The summed E-state index contributed by atoms with van der Waals surface area (Å²) in [7, 11) is 0. The van der Waals surface area contributed by atoms with Crippen molar-refractivity contribution in [2.75, 3.05) is 18.4 Å². The lowest BCUT2D eigenvalue weighted by Crippen LogP contribution is -2.55. The molecular formula is C25H25FN6O. The predicted molar refractivity (Wildman–Crippen MR) is 126 cm³/mol. The van der Waals surface area contributed by atoms with Crippen molar-refractivity contribution in [3.8, 4) is 11.3 Å². The molecule has 2 atom stereocenters. The van der Waals surface area contributed by atoms with Crippen molar-refractivity contribution in [3.63, 3.8) is 0 Å². The molecule has 1 amide bonds. The van der Waals surface area contributed by atoms with Gasteiger partial charge < -0.3 is 15.5 Å². The molecule has 1 aromatic heterocycles. The van der Waals surface area contributed by atoms with Gasteiger partial charge in [0.15, 0.2) is 0 Å². The van der Waals surface area contributed by atoms with Crippen LogP contribution in [0.5, 0.6) is 0 Å². The molecule has 2 N–H and O–H groups in total. The smallest absolute Gasteiger partial charge is 0.257 e. The molecule has 0 saturated carbocycles. The number of carbonyl (C=O) groups is 1. The van der Waals surface area contributed by atoms with E-state index in [0.717, 1.165) is 22.4 Å². The molecule has 0 spiro atoms. The molecule has 1 fully saturated rings. The average molecular weight is 445 g/mol. The van der Waals surface area contributed by atoms with Gasteiger partial charge in [-0.1, -0.05) is 24.3 Å². The fourth-order valence-electron chi connectivity index (χ4n) is 4.44. The van der Waals surface area contributed by atoms with Gasteiger partial charge in [0, 0.05) is 60.0 Å². The molecule has 33 heavy (non-hydrogen) atoms. The summed E-state index contributed by atoms with van der Waals surface area (Å²) in [6, 6.07) is 12.7. The number of benzene rings is 2. The number of aromatic nitrogens is 2. The highest BCUT2D eigenvalue weighted by Crippen LogP contribution is 2.29. The first kappa shape index (κ1) is 21.2. The number of amides is 1. The van der Waals surface area contributed by atoms with Crippen LogP contribution in [0, 0.1) is 5.82 Å². The second kappa shape index (κ2) is 8.71. The highest BCUT2D eigenvalue weighted by molar-refractivity contribution is 5.96. The summed E-state index contributed by atoms with van der Waals surface area (Å²) >= 11 is 0. The molecule has 0 aliphatic carbocycles. The number of nitrogens with one attached hydrogen (secondary N) is 2. The minimum absolute atomic E-state index is 0.0369. The highest BCUT2D eigenvalue weighted by Gasteiger charge is 2.27. The lowest BCUT2D eigenvalue weighted by atomic mass is 10.0. The van der Waals surface area contributed by atoms with Crippen LogP contribution in [0.25, 0.3) is 11.3 Å². The maximum Gasteiger partial charge on any atom is 0.257 e. The first-order chi connectivity index (χ1) is 16.0. The number of hydrogen-bond acceptors (Lipinski definition) is 6. The number of carbonyl (C=O) groups excluding carboxylic acids is 1. The predicted octanol–water partition coefficient (Wildman–Crippen LogP) is 3.78. The number of aliphatic imine (C=N–C) groups is 1. The molecule has 8 heteroatoms. The van der Waals surface area contributed by atoms with Gasteiger partial charge in [-0.05, 0) is 32.0 Å². The van der Waals surface area contributed by atoms with Crippen molar-refractivity contribution in [1.29, 1.82) is 0 Å². The van der Waals surface area contributed by atoms with Crippen molar-refractivity contribution in [3.05, 3.63) is 71.2 Å². The van der Waals surface area contributed by atoms with Crippen molar-refractivity contribution in [2.45, 2.75) is 32.5 Å². The molecule has 2 unspecified atom stereocenters. The van der Waals surface area contributed by atoms with Crippen LogP contribution < -0.4 is 10.6 Å². The normalized spacial score (nSPS) is 19.4. The Labute approximate surface area is 191 Å². The molecule has 168 valence electrons. The third kappa shape index (κ3) is 4.34. The Kier molecular flexibility index (Phi) is 5.60. The number of halogens is 1. The Morgan fingerprint density at radius 1 is 1.15 bits per heavy atom.